The van der Waals surface area contributed by atoms with Gasteiger partial charge in [0.15, 0.2) is 0 Å². The average molecular weight is 373 g/mol. The predicted molar refractivity (Wildman–Crippen MR) is 104 cm³/mol. The van der Waals surface area contributed by atoms with Gasteiger partial charge in [-0.3, -0.25) is 14.7 Å². The molecular formula is C18H27N7O2. The lowest BCUT2D eigenvalue weighted by molar-refractivity contribution is 0.247. The zero-order chi connectivity index (χ0) is 19.4. The summed E-state index contributed by atoms with van der Waals surface area (Å²) < 4.78 is 5.47. The van der Waals surface area contributed by atoms with Crippen molar-refractivity contribution in [2.75, 3.05) is 50.6 Å². The first-order chi connectivity index (χ1) is 13.0. The van der Waals surface area contributed by atoms with E-state index in [1.165, 1.54) is 0 Å². The van der Waals surface area contributed by atoms with Crippen molar-refractivity contribution in [3.8, 4) is 5.88 Å². The number of aromatic nitrogens is 4. The molecule has 1 aliphatic rings. The largest absolute Gasteiger partial charge is 0.478 e. The van der Waals surface area contributed by atoms with E-state index in [0.29, 0.717) is 31.0 Å². The summed E-state index contributed by atoms with van der Waals surface area (Å²) in [4.78, 5) is 33.9. The number of nitrogens with one attached hydrogen (secondary N) is 1. The van der Waals surface area contributed by atoms with Crippen molar-refractivity contribution in [3.63, 3.8) is 0 Å². The Morgan fingerprint density at radius 2 is 2.11 bits per heavy atom. The maximum atomic E-state index is 11.9. The van der Waals surface area contributed by atoms with Crippen LogP contribution in [0, 0.1) is 0 Å². The minimum Gasteiger partial charge on any atom is -0.478 e. The predicted octanol–water partition coefficient (Wildman–Crippen LogP) is 0.735. The van der Waals surface area contributed by atoms with Gasteiger partial charge in [0.05, 0.1) is 12.3 Å². The molecule has 1 saturated heterocycles. The van der Waals surface area contributed by atoms with Crippen LogP contribution in [-0.4, -0.2) is 71.7 Å². The Morgan fingerprint density at radius 3 is 2.85 bits per heavy atom. The number of nitrogens with zero attached hydrogens (tertiary/aromatic N) is 6. The van der Waals surface area contributed by atoms with Crippen LogP contribution in [0.15, 0.2) is 23.3 Å². The van der Waals surface area contributed by atoms with E-state index in [2.05, 4.69) is 36.8 Å². The number of hydrogen-bond acceptors (Lipinski definition) is 8. The Kier molecular flexibility index (Phi) is 5.90. The summed E-state index contributed by atoms with van der Waals surface area (Å²) in [5.41, 5.74) is 0.638. The Hall–Kier alpha value is -2.68. The molecule has 9 nitrogen and oxygen atoms in total. The first-order valence-electron chi connectivity index (χ1n) is 9.14. The maximum absolute atomic E-state index is 11.9. The van der Waals surface area contributed by atoms with Gasteiger partial charge in [0.2, 0.25) is 11.8 Å². The first-order valence-corrected chi connectivity index (χ1v) is 9.14. The lowest BCUT2D eigenvalue weighted by Gasteiger charge is -2.25. The maximum Gasteiger partial charge on any atom is 0.252 e. The molecule has 3 rings (SSSR count). The molecule has 0 radical (unpaired) electrons. The number of aromatic amines is 1. The van der Waals surface area contributed by atoms with Gasteiger partial charge in [-0.1, -0.05) is 0 Å². The summed E-state index contributed by atoms with van der Waals surface area (Å²) in [7, 11) is 5.79. The van der Waals surface area contributed by atoms with E-state index in [4.69, 9.17) is 4.74 Å². The van der Waals surface area contributed by atoms with Crippen LogP contribution in [-0.2, 0) is 6.54 Å². The third-order valence-electron chi connectivity index (χ3n) is 4.65. The number of likely N-dealkylation sites (N-methyl/N-ethyl adjacent to an activating group) is 1. The van der Waals surface area contributed by atoms with Crippen LogP contribution in [0.3, 0.4) is 0 Å². The molecule has 27 heavy (non-hydrogen) atoms. The number of hydrogen-bond donors (Lipinski definition) is 1. The molecule has 1 unspecified atom stereocenters. The van der Waals surface area contributed by atoms with Gasteiger partial charge in [-0.05, 0) is 20.4 Å². The Balaban J connectivity index is 1.65. The standard InChI is InChI=1S/C18H27N7O2/c1-5-27-17-9-15(19-12-20-17)25-7-6-14(11-25)24(4)10-13-8-16(26)22-18(21-13)23(2)3/h8-9,12,14H,5-7,10-11H2,1-4H3,(H,21,22,26). The zero-order valence-electron chi connectivity index (χ0n) is 16.3. The first kappa shape index (κ1) is 19.1. The van der Waals surface area contributed by atoms with Crippen LogP contribution in [0.5, 0.6) is 5.88 Å². The minimum atomic E-state index is -0.130. The van der Waals surface area contributed by atoms with Gasteiger partial charge in [-0.15, -0.1) is 0 Å². The fourth-order valence-electron chi connectivity index (χ4n) is 3.21. The van der Waals surface area contributed by atoms with Gasteiger partial charge >= 0.3 is 0 Å². The highest BCUT2D eigenvalue weighted by molar-refractivity contribution is 5.42. The molecule has 1 N–H and O–H groups in total. The number of ether oxygens (including phenoxy) is 1. The van der Waals surface area contributed by atoms with E-state index < -0.39 is 0 Å². The molecule has 0 aromatic carbocycles. The molecular weight excluding hydrogens is 346 g/mol. The van der Waals surface area contributed by atoms with E-state index in [1.807, 2.05) is 27.1 Å². The quantitative estimate of drug-likeness (QED) is 0.760. The van der Waals surface area contributed by atoms with Crippen LogP contribution >= 0.6 is 0 Å². The topological polar surface area (TPSA) is 90.5 Å². The van der Waals surface area contributed by atoms with E-state index in [1.54, 1.807) is 17.3 Å². The Morgan fingerprint density at radius 1 is 1.30 bits per heavy atom. The van der Waals surface area contributed by atoms with Crippen LogP contribution in [0.25, 0.3) is 0 Å². The minimum absolute atomic E-state index is 0.130. The summed E-state index contributed by atoms with van der Waals surface area (Å²) in [6, 6.07) is 3.81. The fourth-order valence-corrected chi connectivity index (χ4v) is 3.21. The second-order valence-electron chi connectivity index (χ2n) is 6.91. The summed E-state index contributed by atoms with van der Waals surface area (Å²) in [6.45, 7) is 4.93. The Labute approximate surface area is 159 Å². The third kappa shape index (κ3) is 4.73. The van der Waals surface area contributed by atoms with Crippen LogP contribution < -0.4 is 20.1 Å². The highest BCUT2D eigenvalue weighted by atomic mass is 16.5. The van der Waals surface area contributed by atoms with Gasteiger partial charge in [0.1, 0.15) is 12.1 Å². The summed E-state index contributed by atoms with van der Waals surface area (Å²) >= 11 is 0. The lowest BCUT2D eigenvalue weighted by atomic mass is 10.2. The highest BCUT2D eigenvalue weighted by Gasteiger charge is 2.27. The summed E-state index contributed by atoms with van der Waals surface area (Å²) in [5, 5.41) is 0. The van der Waals surface area contributed by atoms with Crippen LogP contribution in [0.1, 0.15) is 19.0 Å². The van der Waals surface area contributed by atoms with Crippen molar-refractivity contribution in [3.05, 3.63) is 34.5 Å². The monoisotopic (exact) mass is 373 g/mol. The van der Waals surface area contributed by atoms with Gasteiger partial charge in [0.25, 0.3) is 5.56 Å². The molecule has 1 atom stereocenters. The van der Waals surface area contributed by atoms with Crippen molar-refractivity contribution in [1.82, 2.24) is 24.8 Å². The van der Waals surface area contributed by atoms with Crippen molar-refractivity contribution in [2.45, 2.75) is 25.9 Å². The molecule has 9 heteroatoms. The summed E-state index contributed by atoms with van der Waals surface area (Å²) in [6.07, 6.45) is 2.56. The van der Waals surface area contributed by atoms with Crippen LogP contribution in [0.2, 0.25) is 0 Å². The molecule has 0 amide bonds. The summed E-state index contributed by atoms with van der Waals surface area (Å²) in [5.74, 6) is 2.06. The van der Waals surface area contributed by atoms with Crippen molar-refractivity contribution < 1.29 is 4.74 Å². The zero-order valence-corrected chi connectivity index (χ0v) is 16.3. The molecule has 0 bridgehead atoms. The molecule has 2 aromatic heterocycles. The molecule has 0 aliphatic carbocycles. The molecule has 0 saturated carbocycles. The normalized spacial score (nSPS) is 16.8. The molecule has 1 aliphatic heterocycles. The van der Waals surface area contributed by atoms with Gasteiger partial charge in [-0.2, -0.15) is 0 Å². The van der Waals surface area contributed by atoms with Gasteiger partial charge < -0.3 is 14.5 Å². The molecule has 1 fully saturated rings. The van der Waals surface area contributed by atoms with Gasteiger partial charge in [0, 0.05) is 51.9 Å². The number of rotatable bonds is 7. The third-order valence-corrected chi connectivity index (χ3v) is 4.65. The van der Waals surface area contributed by atoms with E-state index in [-0.39, 0.29) is 5.56 Å². The second kappa shape index (κ2) is 8.34. The van der Waals surface area contributed by atoms with Crippen molar-refractivity contribution >= 4 is 11.8 Å². The average Bonchev–Trinajstić information content (AvgIpc) is 3.12. The van der Waals surface area contributed by atoms with Crippen LogP contribution in [0.4, 0.5) is 11.8 Å². The molecule has 146 valence electrons. The smallest absolute Gasteiger partial charge is 0.252 e. The van der Waals surface area contributed by atoms with Crippen molar-refractivity contribution in [1.29, 1.82) is 0 Å². The molecule has 2 aromatic rings. The molecule has 0 spiro atoms. The van der Waals surface area contributed by atoms with E-state index >= 15 is 0 Å². The van der Waals surface area contributed by atoms with E-state index in [9.17, 15) is 4.79 Å². The highest BCUT2D eigenvalue weighted by Crippen LogP contribution is 2.23. The lowest BCUT2D eigenvalue weighted by Crippen LogP contribution is -2.35. The Bertz CT molecular complexity index is 823. The van der Waals surface area contributed by atoms with E-state index in [0.717, 1.165) is 31.0 Å². The number of anilines is 2. The SMILES string of the molecule is CCOc1cc(N2CCC(N(C)Cc3cc(=O)[nH]c(N(C)C)n3)C2)ncn1. The number of H-pyrrole nitrogens is 1. The van der Waals surface area contributed by atoms with Crippen molar-refractivity contribution in [2.24, 2.45) is 0 Å². The molecule has 3 heterocycles. The fraction of sp³-hybridized carbons (Fsp3) is 0.556. The van der Waals surface area contributed by atoms with Gasteiger partial charge in [-0.25, -0.2) is 15.0 Å². The second-order valence-corrected chi connectivity index (χ2v) is 6.91.